The van der Waals surface area contributed by atoms with Crippen molar-refractivity contribution in [2.75, 3.05) is 6.61 Å². The highest BCUT2D eigenvalue weighted by Crippen LogP contribution is 2.17. The zero-order chi connectivity index (χ0) is 40.0. The van der Waals surface area contributed by atoms with Gasteiger partial charge in [-0.25, -0.2) is 0 Å². The number of carbonyl (C=O) groups is 1. The van der Waals surface area contributed by atoms with Gasteiger partial charge in [0.2, 0.25) is 5.91 Å². The molecule has 0 spiro atoms. The lowest BCUT2D eigenvalue weighted by Crippen LogP contribution is -2.45. The van der Waals surface area contributed by atoms with Crippen molar-refractivity contribution in [2.24, 2.45) is 0 Å². The number of amides is 1. The molecule has 0 heterocycles. The molecule has 0 aliphatic heterocycles. The van der Waals surface area contributed by atoms with Crippen molar-refractivity contribution < 1.29 is 15.0 Å². The maximum atomic E-state index is 12.3. The molecule has 326 valence electrons. The Morgan fingerprint density at radius 2 is 0.745 bits per heavy atom. The molecule has 0 saturated heterocycles. The molecule has 0 fully saturated rings. The van der Waals surface area contributed by atoms with Gasteiger partial charge in [0.25, 0.3) is 0 Å². The van der Waals surface area contributed by atoms with Gasteiger partial charge >= 0.3 is 0 Å². The number of hydrogen-bond acceptors (Lipinski definition) is 3. The molecular formula is C51H99NO3. The third-order valence-electron chi connectivity index (χ3n) is 11.7. The summed E-state index contributed by atoms with van der Waals surface area (Å²) in [5.74, 6) is -0.0323. The fourth-order valence-corrected chi connectivity index (χ4v) is 7.86. The molecule has 0 aromatic heterocycles. The molecule has 4 heteroatoms. The molecule has 2 atom stereocenters. The van der Waals surface area contributed by atoms with Crippen LogP contribution in [0.5, 0.6) is 0 Å². The molecule has 3 N–H and O–H groups in total. The molecule has 4 nitrogen and oxygen atoms in total. The van der Waals surface area contributed by atoms with E-state index < -0.39 is 12.1 Å². The molecule has 0 aliphatic rings. The van der Waals surface area contributed by atoms with Crippen LogP contribution in [0.2, 0.25) is 0 Å². The van der Waals surface area contributed by atoms with Crippen LogP contribution in [0.4, 0.5) is 0 Å². The Labute approximate surface area is 345 Å². The van der Waals surface area contributed by atoms with Gasteiger partial charge in [-0.1, -0.05) is 250 Å². The van der Waals surface area contributed by atoms with Crippen molar-refractivity contribution in [1.82, 2.24) is 5.32 Å². The number of aliphatic hydroxyl groups excluding tert-OH is 2. The smallest absolute Gasteiger partial charge is 0.220 e. The Balaban J connectivity index is 3.30. The maximum Gasteiger partial charge on any atom is 0.220 e. The first-order valence-corrected chi connectivity index (χ1v) is 25.0. The molecular weight excluding hydrogens is 675 g/mol. The number of rotatable bonds is 46. The quantitative estimate of drug-likeness (QED) is 0.0426. The van der Waals surface area contributed by atoms with E-state index in [1.807, 2.05) is 0 Å². The molecule has 0 radical (unpaired) electrons. The van der Waals surface area contributed by atoms with E-state index in [2.05, 4.69) is 43.5 Å². The zero-order valence-corrected chi connectivity index (χ0v) is 37.5. The van der Waals surface area contributed by atoms with Gasteiger partial charge in [0.15, 0.2) is 0 Å². The molecule has 0 saturated carbocycles. The molecule has 0 aromatic rings. The van der Waals surface area contributed by atoms with Gasteiger partial charge in [0.1, 0.15) is 0 Å². The molecule has 0 aliphatic carbocycles. The maximum absolute atomic E-state index is 12.3. The van der Waals surface area contributed by atoms with Crippen molar-refractivity contribution in [2.45, 2.75) is 289 Å². The largest absolute Gasteiger partial charge is 0.394 e. The van der Waals surface area contributed by atoms with Crippen molar-refractivity contribution in [3.63, 3.8) is 0 Å². The number of nitrogens with one attached hydrogen (secondary N) is 1. The van der Waals surface area contributed by atoms with Crippen molar-refractivity contribution in [3.05, 3.63) is 24.3 Å². The molecule has 1 amide bonds. The van der Waals surface area contributed by atoms with E-state index >= 15 is 0 Å². The number of allylic oxidation sites excluding steroid dienone is 4. The lowest BCUT2D eigenvalue weighted by Gasteiger charge is -2.22. The second-order valence-corrected chi connectivity index (χ2v) is 17.2. The van der Waals surface area contributed by atoms with Crippen LogP contribution in [0.3, 0.4) is 0 Å². The van der Waals surface area contributed by atoms with Crippen LogP contribution in [-0.4, -0.2) is 34.9 Å². The van der Waals surface area contributed by atoms with E-state index in [1.165, 1.54) is 218 Å². The third kappa shape index (κ3) is 43.8. The van der Waals surface area contributed by atoms with E-state index in [9.17, 15) is 15.0 Å². The van der Waals surface area contributed by atoms with Crippen LogP contribution in [-0.2, 0) is 4.79 Å². The van der Waals surface area contributed by atoms with Gasteiger partial charge in [-0.05, 0) is 44.9 Å². The first kappa shape index (κ1) is 53.9. The summed E-state index contributed by atoms with van der Waals surface area (Å²) in [6, 6.07) is -0.529. The van der Waals surface area contributed by atoms with Gasteiger partial charge in [-0.3, -0.25) is 4.79 Å². The number of hydrogen-bond donors (Lipinski definition) is 3. The average molecular weight is 774 g/mol. The first-order valence-electron chi connectivity index (χ1n) is 25.0. The van der Waals surface area contributed by atoms with Crippen LogP contribution in [0, 0.1) is 0 Å². The Kier molecular flexibility index (Phi) is 46.3. The fraction of sp³-hybridized carbons (Fsp3) is 0.902. The summed E-state index contributed by atoms with van der Waals surface area (Å²) in [6.07, 6.45) is 61.9. The van der Waals surface area contributed by atoms with Gasteiger partial charge < -0.3 is 15.5 Å². The minimum absolute atomic E-state index is 0.0323. The summed E-state index contributed by atoms with van der Waals surface area (Å²) >= 11 is 0. The number of unbranched alkanes of at least 4 members (excludes halogenated alkanes) is 35. The minimum Gasteiger partial charge on any atom is -0.394 e. The van der Waals surface area contributed by atoms with E-state index in [0.29, 0.717) is 12.8 Å². The summed E-state index contributed by atoms with van der Waals surface area (Å²) in [5, 5.41) is 22.9. The predicted molar refractivity (Wildman–Crippen MR) is 244 cm³/mol. The Morgan fingerprint density at radius 1 is 0.436 bits per heavy atom. The van der Waals surface area contributed by atoms with Crippen LogP contribution in [0.15, 0.2) is 24.3 Å². The predicted octanol–water partition coefficient (Wildman–Crippen LogP) is 16.0. The lowest BCUT2D eigenvalue weighted by atomic mass is 10.0. The third-order valence-corrected chi connectivity index (χ3v) is 11.7. The van der Waals surface area contributed by atoms with Gasteiger partial charge in [0, 0.05) is 6.42 Å². The second kappa shape index (κ2) is 47.2. The summed E-state index contributed by atoms with van der Waals surface area (Å²) in [7, 11) is 0. The molecule has 0 bridgehead atoms. The normalized spacial score (nSPS) is 13.0. The van der Waals surface area contributed by atoms with Crippen LogP contribution in [0.1, 0.15) is 277 Å². The van der Waals surface area contributed by atoms with Gasteiger partial charge in [-0.15, -0.1) is 0 Å². The van der Waals surface area contributed by atoms with Crippen molar-refractivity contribution in [3.8, 4) is 0 Å². The number of aliphatic hydroxyl groups is 2. The molecule has 2 unspecified atom stereocenters. The lowest BCUT2D eigenvalue weighted by molar-refractivity contribution is -0.123. The summed E-state index contributed by atoms with van der Waals surface area (Å²) in [5.41, 5.74) is 0. The zero-order valence-electron chi connectivity index (χ0n) is 37.5. The summed E-state index contributed by atoms with van der Waals surface area (Å²) in [4.78, 5) is 12.3. The van der Waals surface area contributed by atoms with Crippen LogP contribution >= 0.6 is 0 Å². The van der Waals surface area contributed by atoms with Crippen LogP contribution in [0.25, 0.3) is 0 Å². The SMILES string of the molecule is CCCCCCC/C=C\C/C=C\CCCCCCCCCCCCCCCCCCCCCCCCCCCC(=O)NC(CO)C(O)CCCCCCCC. The average Bonchev–Trinajstić information content (AvgIpc) is 3.19. The topological polar surface area (TPSA) is 69.6 Å². The highest BCUT2D eigenvalue weighted by molar-refractivity contribution is 5.76. The summed E-state index contributed by atoms with van der Waals surface area (Å²) < 4.78 is 0. The van der Waals surface area contributed by atoms with Crippen molar-refractivity contribution >= 4 is 5.91 Å². The first-order chi connectivity index (χ1) is 27.2. The highest BCUT2D eigenvalue weighted by Gasteiger charge is 2.20. The second-order valence-electron chi connectivity index (χ2n) is 17.2. The molecule has 0 aromatic carbocycles. The standard InChI is InChI=1S/C51H99NO3/c1-3-5-7-9-11-12-13-14-15-16-17-18-19-20-21-22-23-24-25-26-27-28-29-30-31-32-33-34-35-36-37-38-39-40-41-43-45-47-51(55)52-49(48-53)50(54)46-44-42-10-8-6-4-2/h13-14,16-17,49-50,53-54H,3-12,15,18-48H2,1-2H3,(H,52,55)/b14-13-,17-16-. The van der Waals surface area contributed by atoms with Gasteiger partial charge in [0.05, 0.1) is 18.8 Å². The van der Waals surface area contributed by atoms with E-state index in [-0.39, 0.29) is 12.5 Å². The van der Waals surface area contributed by atoms with Crippen LogP contribution < -0.4 is 5.32 Å². The van der Waals surface area contributed by atoms with E-state index in [0.717, 1.165) is 32.1 Å². The Morgan fingerprint density at radius 3 is 1.09 bits per heavy atom. The number of carbonyl (C=O) groups excluding carboxylic acids is 1. The van der Waals surface area contributed by atoms with E-state index in [4.69, 9.17) is 0 Å². The highest BCUT2D eigenvalue weighted by atomic mass is 16.3. The van der Waals surface area contributed by atoms with Crippen molar-refractivity contribution in [1.29, 1.82) is 0 Å². The molecule has 55 heavy (non-hydrogen) atoms. The monoisotopic (exact) mass is 774 g/mol. The minimum atomic E-state index is -0.652. The Bertz CT molecular complexity index is 795. The van der Waals surface area contributed by atoms with Gasteiger partial charge in [-0.2, -0.15) is 0 Å². The Hall–Kier alpha value is -1.13. The van der Waals surface area contributed by atoms with E-state index in [1.54, 1.807) is 0 Å². The fourth-order valence-electron chi connectivity index (χ4n) is 7.86. The molecule has 0 rings (SSSR count). The summed E-state index contributed by atoms with van der Waals surface area (Å²) in [6.45, 7) is 4.30.